The Morgan fingerprint density at radius 3 is 2.57 bits per heavy atom. The minimum absolute atomic E-state index is 0.00574. The average Bonchev–Trinajstić information content (AvgIpc) is 3.26. The van der Waals surface area contributed by atoms with Crippen LogP contribution in [0.2, 0.25) is 0 Å². The van der Waals surface area contributed by atoms with Crippen molar-refractivity contribution in [3.05, 3.63) is 64.9 Å². The zero-order valence-corrected chi connectivity index (χ0v) is 18.9. The molecule has 0 radical (unpaired) electrons. The van der Waals surface area contributed by atoms with Gasteiger partial charge in [0.1, 0.15) is 0 Å². The van der Waals surface area contributed by atoms with E-state index >= 15 is 0 Å². The van der Waals surface area contributed by atoms with Gasteiger partial charge in [0, 0.05) is 11.6 Å². The summed E-state index contributed by atoms with van der Waals surface area (Å²) in [5.41, 5.74) is 3.10. The van der Waals surface area contributed by atoms with E-state index in [1.807, 2.05) is 58.6 Å². The van der Waals surface area contributed by atoms with Crippen LogP contribution in [0, 0.1) is 11.7 Å². The van der Waals surface area contributed by atoms with Crippen molar-refractivity contribution in [1.82, 2.24) is 19.2 Å². The van der Waals surface area contributed by atoms with E-state index in [2.05, 4.69) is 24.0 Å². The van der Waals surface area contributed by atoms with Gasteiger partial charge in [-0.25, -0.2) is 13.1 Å². The van der Waals surface area contributed by atoms with E-state index in [1.165, 1.54) is 0 Å². The molecule has 1 aliphatic rings. The second-order valence-corrected chi connectivity index (χ2v) is 10.3. The molecule has 30 heavy (non-hydrogen) atoms. The lowest BCUT2D eigenvalue weighted by Gasteiger charge is -2.26. The summed E-state index contributed by atoms with van der Waals surface area (Å²) in [7, 11) is -2.95. The Bertz CT molecular complexity index is 1200. The molecular weight excluding hydrogens is 416 g/mol. The molecule has 1 atom stereocenters. The van der Waals surface area contributed by atoms with Gasteiger partial charge >= 0.3 is 0 Å². The van der Waals surface area contributed by atoms with Crippen molar-refractivity contribution in [2.24, 2.45) is 0 Å². The molecule has 0 aliphatic carbocycles. The van der Waals surface area contributed by atoms with Crippen LogP contribution in [-0.4, -0.2) is 51.8 Å². The summed E-state index contributed by atoms with van der Waals surface area (Å²) in [6.07, 6.45) is 0.660. The maximum Gasteiger partial charge on any atom is 0.204 e. The van der Waals surface area contributed by atoms with E-state index in [4.69, 9.17) is 17.3 Å². The first-order valence-corrected chi connectivity index (χ1v) is 12.4. The Balaban J connectivity index is 1.77. The standard InChI is InChI=1S/C22H26N4O2S2/c1-3-24(20-12-13-30(27,28)15-20)16-25-22(29)26(19-11-7-8-17(2)14-19)21(23-25)18-9-5-4-6-10-18/h4-11,14,20H,3,12-13,15-16H2,1-2H3. The highest BCUT2D eigenvalue weighted by Gasteiger charge is 2.32. The van der Waals surface area contributed by atoms with E-state index in [-0.39, 0.29) is 17.5 Å². The molecule has 8 heteroatoms. The molecular formula is C22H26N4O2S2. The molecule has 0 amide bonds. The molecule has 4 rings (SSSR count). The lowest BCUT2D eigenvalue weighted by molar-refractivity contribution is 0.164. The van der Waals surface area contributed by atoms with Crippen LogP contribution in [0.1, 0.15) is 18.9 Å². The molecule has 2 heterocycles. The zero-order chi connectivity index (χ0) is 21.3. The van der Waals surface area contributed by atoms with Crippen LogP contribution >= 0.6 is 12.2 Å². The predicted molar refractivity (Wildman–Crippen MR) is 122 cm³/mol. The fourth-order valence-corrected chi connectivity index (χ4v) is 6.03. The van der Waals surface area contributed by atoms with Gasteiger partial charge in [-0.1, -0.05) is 49.4 Å². The number of aromatic nitrogens is 3. The van der Waals surface area contributed by atoms with Crippen LogP contribution in [0.5, 0.6) is 0 Å². The van der Waals surface area contributed by atoms with Gasteiger partial charge in [0.25, 0.3) is 0 Å². The number of aryl methyl sites for hydroxylation is 1. The predicted octanol–water partition coefficient (Wildman–Crippen LogP) is 3.85. The van der Waals surface area contributed by atoms with Crippen molar-refractivity contribution in [3.63, 3.8) is 0 Å². The normalized spacial score (nSPS) is 18.2. The van der Waals surface area contributed by atoms with Crippen molar-refractivity contribution in [3.8, 4) is 17.1 Å². The molecule has 0 N–H and O–H groups in total. The third-order valence-corrected chi connectivity index (χ3v) is 7.72. The minimum Gasteiger partial charge on any atom is -0.281 e. The first-order valence-electron chi connectivity index (χ1n) is 10.1. The van der Waals surface area contributed by atoms with Crippen LogP contribution in [0.3, 0.4) is 0 Å². The Labute approximate surface area is 182 Å². The fraction of sp³-hybridized carbons (Fsp3) is 0.364. The van der Waals surface area contributed by atoms with Gasteiger partial charge in [-0.3, -0.25) is 9.47 Å². The number of rotatable bonds is 6. The van der Waals surface area contributed by atoms with Gasteiger partial charge in [-0.05, 0) is 49.8 Å². The molecule has 1 aliphatic heterocycles. The fourth-order valence-electron chi connectivity index (χ4n) is 3.98. The molecule has 6 nitrogen and oxygen atoms in total. The third kappa shape index (κ3) is 4.26. The molecule has 0 bridgehead atoms. The summed E-state index contributed by atoms with van der Waals surface area (Å²) < 4.78 is 28.3. The van der Waals surface area contributed by atoms with Crippen LogP contribution < -0.4 is 0 Å². The lowest BCUT2D eigenvalue weighted by atomic mass is 10.2. The Kier molecular flexibility index (Phi) is 5.90. The zero-order valence-electron chi connectivity index (χ0n) is 17.2. The highest BCUT2D eigenvalue weighted by Crippen LogP contribution is 2.24. The number of sulfone groups is 1. The summed E-state index contributed by atoms with van der Waals surface area (Å²) in [6, 6.07) is 18.2. The largest absolute Gasteiger partial charge is 0.281 e. The van der Waals surface area contributed by atoms with E-state index in [0.717, 1.165) is 29.2 Å². The Morgan fingerprint density at radius 1 is 1.17 bits per heavy atom. The van der Waals surface area contributed by atoms with Gasteiger partial charge in [0.2, 0.25) is 4.77 Å². The van der Waals surface area contributed by atoms with Crippen LogP contribution in [0.15, 0.2) is 54.6 Å². The molecule has 0 spiro atoms. The number of benzene rings is 2. The quantitative estimate of drug-likeness (QED) is 0.543. The van der Waals surface area contributed by atoms with Crippen LogP contribution in [0.25, 0.3) is 17.1 Å². The molecule has 1 unspecified atom stereocenters. The van der Waals surface area contributed by atoms with Crippen molar-refractivity contribution >= 4 is 22.1 Å². The van der Waals surface area contributed by atoms with Crippen LogP contribution in [-0.2, 0) is 16.5 Å². The van der Waals surface area contributed by atoms with Gasteiger partial charge in [0.15, 0.2) is 15.7 Å². The van der Waals surface area contributed by atoms with E-state index in [1.54, 1.807) is 0 Å². The van der Waals surface area contributed by atoms with Crippen molar-refractivity contribution in [2.75, 3.05) is 18.1 Å². The summed E-state index contributed by atoms with van der Waals surface area (Å²) >= 11 is 5.84. The maximum absolute atomic E-state index is 12.0. The third-order valence-electron chi connectivity index (χ3n) is 5.58. The Morgan fingerprint density at radius 2 is 1.93 bits per heavy atom. The number of hydrogen-bond acceptors (Lipinski definition) is 5. The molecule has 1 aromatic heterocycles. The SMILES string of the molecule is CCN(Cn1nc(-c2ccccc2)n(-c2cccc(C)c2)c1=S)C1CCS(=O)(=O)C1. The average molecular weight is 443 g/mol. The first kappa shape index (κ1) is 21.0. The summed E-state index contributed by atoms with van der Waals surface area (Å²) in [6.45, 7) is 5.30. The molecule has 0 saturated carbocycles. The summed E-state index contributed by atoms with van der Waals surface area (Å²) in [4.78, 5) is 2.16. The second-order valence-electron chi connectivity index (χ2n) is 7.75. The summed E-state index contributed by atoms with van der Waals surface area (Å²) in [5.74, 6) is 1.24. The van der Waals surface area contributed by atoms with Crippen molar-refractivity contribution in [1.29, 1.82) is 0 Å². The maximum atomic E-state index is 12.0. The van der Waals surface area contributed by atoms with E-state index < -0.39 is 9.84 Å². The van der Waals surface area contributed by atoms with E-state index in [9.17, 15) is 8.42 Å². The van der Waals surface area contributed by atoms with Gasteiger partial charge < -0.3 is 0 Å². The van der Waals surface area contributed by atoms with E-state index in [0.29, 0.717) is 17.9 Å². The second kappa shape index (κ2) is 8.45. The highest BCUT2D eigenvalue weighted by molar-refractivity contribution is 7.91. The molecule has 2 aromatic carbocycles. The number of nitrogens with zero attached hydrogens (tertiary/aromatic N) is 4. The molecule has 3 aromatic rings. The van der Waals surface area contributed by atoms with Gasteiger partial charge in [0.05, 0.1) is 23.9 Å². The minimum atomic E-state index is -2.95. The van der Waals surface area contributed by atoms with Crippen molar-refractivity contribution in [2.45, 2.75) is 33.0 Å². The van der Waals surface area contributed by atoms with Crippen LogP contribution in [0.4, 0.5) is 0 Å². The van der Waals surface area contributed by atoms with Crippen molar-refractivity contribution < 1.29 is 8.42 Å². The Hall–Kier alpha value is -2.29. The molecule has 158 valence electrons. The van der Waals surface area contributed by atoms with Gasteiger partial charge in [-0.2, -0.15) is 0 Å². The topological polar surface area (TPSA) is 60.1 Å². The monoisotopic (exact) mass is 442 g/mol. The number of hydrogen-bond donors (Lipinski definition) is 0. The summed E-state index contributed by atoms with van der Waals surface area (Å²) in [5, 5.41) is 4.87. The highest BCUT2D eigenvalue weighted by atomic mass is 32.2. The molecule has 1 saturated heterocycles. The van der Waals surface area contributed by atoms with Gasteiger partial charge in [-0.15, -0.1) is 5.10 Å². The smallest absolute Gasteiger partial charge is 0.204 e. The molecule has 1 fully saturated rings. The lowest BCUT2D eigenvalue weighted by Crippen LogP contribution is -2.37. The first-order chi connectivity index (χ1) is 14.4.